The van der Waals surface area contributed by atoms with Gasteiger partial charge in [0.1, 0.15) is 5.75 Å². The molecule has 1 aliphatic rings. The van der Waals surface area contributed by atoms with E-state index >= 15 is 0 Å². The van der Waals surface area contributed by atoms with E-state index in [1.165, 1.54) is 4.88 Å². The van der Waals surface area contributed by atoms with Gasteiger partial charge in [-0.2, -0.15) is 0 Å². The first kappa shape index (κ1) is 17.5. The molecule has 1 fully saturated rings. The van der Waals surface area contributed by atoms with Gasteiger partial charge in [0.25, 0.3) is 0 Å². The molecule has 0 spiro atoms. The average molecular weight is 446 g/mol. The van der Waals surface area contributed by atoms with Gasteiger partial charge in [0.05, 0.1) is 34.4 Å². The van der Waals surface area contributed by atoms with E-state index in [4.69, 9.17) is 17.0 Å². The highest BCUT2D eigenvalue weighted by Crippen LogP contribution is 2.46. The highest BCUT2D eigenvalue weighted by atomic mass is 79.9. The van der Waals surface area contributed by atoms with Crippen molar-refractivity contribution in [1.29, 1.82) is 0 Å². The predicted octanol–water partition coefficient (Wildman–Crippen LogP) is 5.09. The summed E-state index contributed by atoms with van der Waals surface area (Å²) in [5.74, 6) is 0.791. The molecule has 0 radical (unpaired) electrons. The number of pyridine rings is 1. The quantitative estimate of drug-likeness (QED) is 0.565. The van der Waals surface area contributed by atoms with Crippen LogP contribution in [0.1, 0.15) is 22.7 Å². The maximum absolute atomic E-state index is 5.72. The van der Waals surface area contributed by atoms with Crippen molar-refractivity contribution in [3.8, 4) is 5.75 Å². The Labute approximate surface area is 170 Å². The van der Waals surface area contributed by atoms with E-state index in [0.29, 0.717) is 5.11 Å². The number of halogens is 1. The van der Waals surface area contributed by atoms with Crippen LogP contribution >= 0.6 is 39.5 Å². The minimum Gasteiger partial charge on any atom is -0.495 e. The smallest absolute Gasteiger partial charge is 0.174 e. The van der Waals surface area contributed by atoms with E-state index in [-0.39, 0.29) is 12.1 Å². The number of rotatable bonds is 4. The molecule has 1 saturated heterocycles. The summed E-state index contributed by atoms with van der Waals surface area (Å²) in [6.07, 6.45) is 1.81. The van der Waals surface area contributed by atoms with E-state index in [2.05, 4.69) is 43.3 Å². The Morgan fingerprint density at radius 2 is 1.96 bits per heavy atom. The molecule has 0 bridgehead atoms. The second kappa shape index (κ2) is 7.34. The number of methoxy groups -OCH3 is 1. The lowest BCUT2D eigenvalue weighted by Crippen LogP contribution is -2.29. The molecule has 3 aromatic rings. The molecule has 3 heterocycles. The Morgan fingerprint density at radius 1 is 1.15 bits per heavy atom. The van der Waals surface area contributed by atoms with Gasteiger partial charge in [-0.05, 0) is 64.5 Å². The van der Waals surface area contributed by atoms with Crippen molar-refractivity contribution in [1.82, 2.24) is 10.3 Å². The Hall–Kier alpha value is -1.96. The molecule has 132 valence electrons. The molecule has 4 nitrogen and oxygen atoms in total. The Balaban J connectivity index is 1.85. The molecule has 2 aromatic heterocycles. The summed E-state index contributed by atoms with van der Waals surface area (Å²) in [4.78, 5) is 7.89. The summed E-state index contributed by atoms with van der Waals surface area (Å²) < 4.78 is 6.67. The maximum Gasteiger partial charge on any atom is 0.174 e. The van der Waals surface area contributed by atoms with E-state index in [0.717, 1.165) is 20.9 Å². The number of para-hydroxylation sites is 2. The monoisotopic (exact) mass is 445 g/mol. The topological polar surface area (TPSA) is 37.4 Å². The van der Waals surface area contributed by atoms with Crippen LogP contribution in [-0.2, 0) is 0 Å². The SMILES string of the molecule is COc1ccccc1N1C(=S)N[C@H](c2ccccn2)[C@H]1c1ccc(Br)s1. The van der Waals surface area contributed by atoms with Crippen LogP contribution in [0.3, 0.4) is 0 Å². The molecule has 2 atom stereocenters. The number of benzene rings is 1. The minimum atomic E-state index is -0.0424. The maximum atomic E-state index is 5.72. The lowest BCUT2D eigenvalue weighted by Gasteiger charge is -2.28. The van der Waals surface area contributed by atoms with Crippen LogP contribution in [0.2, 0.25) is 0 Å². The Kier molecular flexibility index (Phi) is 4.93. The summed E-state index contributed by atoms with van der Waals surface area (Å²) in [5, 5.41) is 4.12. The van der Waals surface area contributed by atoms with Crippen molar-refractivity contribution in [2.24, 2.45) is 0 Å². The average Bonchev–Trinajstić information content (AvgIpc) is 3.25. The van der Waals surface area contributed by atoms with Gasteiger partial charge in [-0.1, -0.05) is 18.2 Å². The van der Waals surface area contributed by atoms with Gasteiger partial charge in [-0.3, -0.25) is 4.98 Å². The predicted molar refractivity (Wildman–Crippen MR) is 113 cm³/mol. The molecule has 1 aliphatic heterocycles. The van der Waals surface area contributed by atoms with Gasteiger partial charge in [0, 0.05) is 11.1 Å². The van der Waals surface area contributed by atoms with Gasteiger partial charge >= 0.3 is 0 Å². The summed E-state index contributed by atoms with van der Waals surface area (Å²) >= 11 is 11.0. The number of hydrogen-bond acceptors (Lipinski definition) is 4. The zero-order valence-corrected chi connectivity index (χ0v) is 17.1. The number of hydrogen-bond donors (Lipinski definition) is 1. The number of anilines is 1. The Bertz CT molecular complexity index is 931. The lowest BCUT2D eigenvalue weighted by molar-refractivity contribution is 0.414. The molecule has 0 saturated carbocycles. The van der Waals surface area contributed by atoms with Crippen LogP contribution in [0.4, 0.5) is 5.69 Å². The van der Waals surface area contributed by atoms with E-state index in [1.54, 1.807) is 18.4 Å². The fourth-order valence-electron chi connectivity index (χ4n) is 3.22. The van der Waals surface area contributed by atoms with Crippen molar-refractivity contribution in [3.63, 3.8) is 0 Å². The zero-order valence-electron chi connectivity index (χ0n) is 13.9. The first-order valence-corrected chi connectivity index (χ1v) is 10.1. The molecule has 1 N–H and O–H groups in total. The van der Waals surface area contributed by atoms with Gasteiger partial charge in [0.15, 0.2) is 5.11 Å². The molecule has 0 unspecified atom stereocenters. The van der Waals surface area contributed by atoms with Crippen molar-refractivity contribution >= 4 is 50.3 Å². The van der Waals surface area contributed by atoms with Crippen molar-refractivity contribution < 1.29 is 4.74 Å². The normalized spacial score (nSPS) is 19.5. The molecule has 7 heteroatoms. The van der Waals surface area contributed by atoms with Crippen LogP contribution in [0.25, 0.3) is 0 Å². The van der Waals surface area contributed by atoms with Crippen LogP contribution < -0.4 is 15.0 Å². The molecule has 0 aliphatic carbocycles. The van der Waals surface area contributed by atoms with Crippen LogP contribution in [0, 0.1) is 0 Å². The molecular weight excluding hydrogens is 430 g/mol. The summed E-state index contributed by atoms with van der Waals surface area (Å²) in [6, 6.07) is 18.0. The molecule has 0 amide bonds. The van der Waals surface area contributed by atoms with Crippen LogP contribution in [0.5, 0.6) is 5.75 Å². The van der Waals surface area contributed by atoms with Crippen molar-refractivity contribution in [2.45, 2.75) is 12.1 Å². The van der Waals surface area contributed by atoms with E-state index in [1.807, 2.05) is 48.7 Å². The summed E-state index contributed by atoms with van der Waals surface area (Å²) in [7, 11) is 1.68. The van der Waals surface area contributed by atoms with Gasteiger partial charge in [-0.15, -0.1) is 11.3 Å². The van der Waals surface area contributed by atoms with Crippen molar-refractivity contribution in [2.75, 3.05) is 12.0 Å². The fraction of sp³-hybridized carbons (Fsp3) is 0.158. The van der Waals surface area contributed by atoms with Gasteiger partial charge in [-0.25, -0.2) is 0 Å². The minimum absolute atomic E-state index is 0.00926. The van der Waals surface area contributed by atoms with Gasteiger partial charge in [0.2, 0.25) is 0 Å². The number of ether oxygens (including phenoxy) is 1. The second-order valence-corrected chi connectivity index (χ2v) is 8.69. The molecular formula is C19H16BrN3OS2. The Morgan fingerprint density at radius 3 is 2.65 bits per heavy atom. The number of nitrogens with one attached hydrogen (secondary N) is 1. The highest BCUT2D eigenvalue weighted by Gasteiger charge is 2.42. The number of thiophene rings is 1. The zero-order chi connectivity index (χ0) is 18.1. The van der Waals surface area contributed by atoms with E-state index in [9.17, 15) is 0 Å². The summed E-state index contributed by atoms with van der Waals surface area (Å²) in [5.41, 5.74) is 1.90. The van der Waals surface area contributed by atoms with Crippen molar-refractivity contribution in [3.05, 3.63) is 75.2 Å². The molecule has 1 aromatic carbocycles. The highest BCUT2D eigenvalue weighted by molar-refractivity contribution is 9.11. The number of nitrogens with zero attached hydrogens (tertiary/aromatic N) is 2. The lowest BCUT2D eigenvalue weighted by atomic mass is 10.0. The van der Waals surface area contributed by atoms with Gasteiger partial charge < -0.3 is 15.0 Å². The largest absolute Gasteiger partial charge is 0.495 e. The third-order valence-electron chi connectivity index (χ3n) is 4.33. The third-order valence-corrected chi connectivity index (χ3v) is 6.34. The van der Waals surface area contributed by atoms with Crippen LogP contribution in [0.15, 0.2) is 64.6 Å². The first-order chi connectivity index (χ1) is 12.7. The number of aromatic nitrogens is 1. The first-order valence-electron chi connectivity index (χ1n) is 8.08. The molecule has 26 heavy (non-hydrogen) atoms. The summed E-state index contributed by atoms with van der Waals surface area (Å²) in [6.45, 7) is 0. The van der Waals surface area contributed by atoms with E-state index < -0.39 is 0 Å². The molecule has 4 rings (SSSR count). The van der Waals surface area contributed by atoms with Crippen LogP contribution in [-0.4, -0.2) is 17.2 Å². The fourth-order valence-corrected chi connectivity index (χ4v) is 5.11. The standard InChI is InChI=1S/C19H16BrN3OS2/c1-24-14-8-3-2-7-13(14)23-18(15-9-10-16(20)26-15)17(22-19(23)25)12-6-4-5-11-21-12/h2-11,17-18H,1H3,(H,22,25)/t17-,18-/m1/s1. The third kappa shape index (κ3) is 3.11. The number of thiocarbonyl (C=S) groups is 1. The second-order valence-electron chi connectivity index (χ2n) is 5.81.